The van der Waals surface area contributed by atoms with E-state index >= 15 is 0 Å². The van der Waals surface area contributed by atoms with Crippen LogP contribution in [0.25, 0.3) is 0 Å². The van der Waals surface area contributed by atoms with Gasteiger partial charge in [-0.3, -0.25) is 9.59 Å². The van der Waals surface area contributed by atoms with Gasteiger partial charge in [-0.05, 0) is 35.9 Å². The average Bonchev–Trinajstić information content (AvgIpc) is 2.95. The van der Waals surface area contributed by atoms with Crippen LogP contribution in [0.5, 0.6) is 11.5 Å². The van der Waals surface area contributed by atoms with E-state index in [0.29, 0.717) is 35.8 Å². The number of carbonyl (C=O) groups excluding carboxylic acids is 2. The lowest BCUT2D eigenvalue weighted by Gasteiger charge is -2.09. The zero-order valence-corrected chi connectivity index (χ0v) is 14.8. The zero-order valence-electron chi connectivity index (χ0n) is 14.8. The van der Waals surface area contributed by atoms with Crippen LogP contribution in [0.2, 0.25) is 0 Å². The molecule has 6 heteroatoms. The molecule has 0 unspecified atom stereocenters. The van der Waals surface area contributed by atoms with Crippen LogP contribution in [0.15, 0.2) is 42.5 Å². The Morgan fingerprint density at radius 2 is 1.85 bits per heavy atom. The van der Waals surface area contributed by atoms with E-state index in [1.54, 1.807) is 42.5 Å². The van der Waals surface area contributed by atoms with Crippen molar-refractivity contribution in [2.24, 2.45) is 0 Å². The largest absolute Gasteiger partial charge is 0.490 e. The van der Waals surface area contributed by atoms with E-state index in [0.717, 1.165) is 12.0 Å². The number of nitriles is 1. The Bertz CT molecular complexity index is 884. The zero-order chi connectivity index (χ0) is 19.1. The Morgan fingerprint density at radius 1 is 1.04 bits per heavy atom. The van der Waals surface area contributed by atoms with E-state index < -0.39 is 5.97 Å². The van der Waals surface area contributed by atoms with Crippen LogP contribution in [0, 0.1) is 11.3 Å². The summed E-state index contributed by atoms with van der Waals surface area (Å²) in [6.45, 7) is 1.21. The normalized spacial score (nSPS) is 12.6. The molecule has 138 valence electrons. The van der Waals surface area contributed by atoms with Gasteiger partial charge in [0.25, 0.3) is 0 Å². The van der Waals surface area contributed by atoms with Gasteiger partial charge in [0.15, 0.2) is 17.3 Å². The minimum absolute atomic E-state index is 0.00871. The fourth-order valence-electron chi connectivity index (χ4n) is 2.66. The molecule has 0 aliphatic carbocycles. The summed E-state index contributed by atoms with van der Waals surface area (Å²) >= 11 is 0. The van der Waals surface area contributed by atoms with Gasteiger partial charge in [-0.2, -0.15) is 5.26 Å². The van der Waals surface area contributed by atoms with Gasteiger partial charge in [0.2, 0.25) is 0 Å². The molecule has 1 aliphatic heterocycles. The van der Waals surface area contributed by atoms with Gasteiger partial charge >= 0.3 is 5.97 Å². The Kier molecular flexibility index (Phi) is 6.06. The van der Waals surface area contributed by atoms with Crippen LogP contribution in [-0.2, 0) is 16.1 Å². The molecule has 0 amide bonds. The summed E-state index contributed by atoms with van der Waals surface area (Å²) in [5.41, 5.74) is 1.72. The lowest BCUT2D eigenvalue weighted by Crippen LogP contribution is -2.08. The van der Waals surface area contributed by atoms with Crippen LogP contribution >= 0.6 is 0 Å². The van der Waals surface area contributed by atoms with Crippen molar-refractivity contribution in [1.29, 1.82) is 5.26 Å². The van der Waals surface area contributed by atoms with E-state index in [-0.39, 0.29) is 25.2 Å². The molecule has 0 fully saturated rings. The van der Waals surface area contributed by atoms with Crippen LogP contribution in [-0.4, -0.2) is 25.0 Å². The topological polar surface area (TPSA) is 85.6 Å². The number of nitrogens with zero attached hydrogens (tertiary/aromatic N) is 1. The molecule has 0 bridgehead atoms. The number of ketones is 1. The fraction of sp³-hybridized carbons (Fsp3) is 0.286. The molecule has 0 spiro atoms. The van der Waals surface area contributed by atoms with E-state index in [1.807, 2.05) is 6.07 Å². The van der Waals surface area contributed by atoms with Crippen molar-refractivity contribution in [2.75, 3.05) is 13.2 Å². The van der Waals surface area contributed by atoms with Crippen molar-refractivity contribution in [3.05, 3.63) is 59.2 Å². The standard InChI is InChI=1S/C21H19NO5/c22-13-15-3-1-4-16(11-15)14-27-21(24)8-6-18(23)17-5-7-19-20(12-17)26-10-2-9-25-19/h1,3-5,7,11-12H,2,6,8-10,14H2. The first-order chi connectivity index (χ1) is 13.2. The summed E-state index contributed by atoms with van der Waals surface area (Å²) in [6, 6.07) is 13.9. The monoisotopic (exact) mass is 365 g/mol. The molecule has 0 radical (unpaired) electrons. The number of hydrogen-bond acceptors (Lipinski definition) is 6. The summed E-state index contributed by atoms with van der Waals surface area (Å²) in [5, 5.41) is 8.87. The Hall–Kier alpha value is -3.33. The molecule has 0 saturated carbocycles. The second-order valence-electron chi connectivity index (χ2n) is 6.11. The van der Waals surface area contributed by atoms with E-state index in [4.69, 9.17) is 19.5 Å². The molecule has 0 aromatic heterocycles. The smallest absolute Gasteiger partial charge is 0.306 e. The SMILES string of the molecule is N#Cc1cccc(COC(=O)CCC(=O)c2ccc3c(c2)OCCCO3)c1. The number of rotatable bonds is 6. The van der Waals surface area contributed by atoms with E-state index in [9.17, 15) is 9.59 Å². The van der Waals surface area contributed by atoms with Crippen LogP contribution in [0.1, 0.15) is 40.7 Å². The summed E-state index contributed by atoms with van der Waals surface area (Å²) in [7, 11) is 0. The number of hydrogen-bond donors (Lipinski definition) is 0. The number of carbonyl (C=O) groups is 2. The number of fused-ring (bicyclic) bond motifs is 1. The summed E-state index contributed by atoms with van der Waals surface area (Å²) < 4.78 is 16.3. The molecule has 1 heterocycles. The Balaban J connectivity index is 1.50. The van der Waals surface area contributed by atoms with Gasteiger partial charge < -0.3 is 14.2 Å². The Labute approximate surface area is 157 Å². The highest BCUT2D eigenvalue weighted by Gasteiger charge is 2.15. The third kappa shape index (κ3) is 5.08. The molecule has 27 heavy (non-hydrogen) atoms. The number of ether oxygens (including phenoxy) is 3. The summed E-state index contributed by atoms with van der Waals surface area (Å²) in [5.74, 6) is 0.565. The van der Waals surface area contributed by atoms with Crippen LogP contribution < -0.4 is 9.47 Å². The minimum Gasteiger partial charge on any atom is -0.490 e. The maximum absolute atomic E-state index is 12.3. The second-order valence-corrected chi connectivity index (χ2v) is 6.11. The van der Waals surface area contributed by atoms with Gasteiger partial charge in [-0.15, -0.1) is 0 Å². The van der Waals surface area contributed by atoms with Gasteiger partial charge in [0.05, 0.1) is 31.3 Å². The number of esters is 1. The summed E-state index contributed by atoms with van der Waals surface area (Å²) in [4.78, 5) is 24.2. The number of benzene rings is 2. The third-order valence-corrected chi connectivity index (χ3v) is 4.08. The lowest BCUT2D eigenvalue weighted by atomic mass is 10.1. The first kappa shape index (κ1) is 18.5. The molecule has 2 aromatic carbocycles. The molecule has 2 aromatic rings. The van der Waals surface area contributed by atoms with E-state index in [2.05, 4.69) is 0 Å². The minimum atomic E-state index is -0.458. The number of Topliss-reactive ketones (excluding diaryl/α,β-unsaturated/α-hetero) is 1. The third-order valence-electron chi connectivity index (χ3n) is 4.08. The fourth-order valence-corrected chi connectivity index (χ4v) is 2.66. The van der Waals surface area contributed by atoms with Crippen molar-refractivity contribution in [1.82, 2.24) is 0 Å². The molecule has 0 atom stereocenters. The molecule has 3 rings (SSSR count). The molecule has 0 N–H and O–H groups in total. The first-order valence-electron chi connectivity index (χ1n) is 8.73. The van der Waals surface area contributed by atoms with E-state index in [1.165, 1.54) is 0 Å². The lowest BCUT2D eigenvalue weighted by molar-refractivity contribution is -0.144. The predicted molar refractivity (Wildman–Crippen MR) is 96.6 cm³/mol. The van der Waals surface area contributed by atoms with Crippen LogP contribution in [0.4, 0.5) is 0 Å². The molecular weight excluding hydrogens is 346 g/mol. The molecule has 0 saturated heterocycles. The highest BCUT2D eigenvalue weighted by atomic mass is 16.5. The van der Waals surface area contributed by atoms with Crippen molar-refractivity contribution in [3.63, 3.8) is 0 Å². The second kappa shape index (κ2) is 8.86. The quantitative estimate of drug-likeness (QED) is 0.576. The maximum atomic E-state index is 12.3. The summed E-state index contributed by atoms with van der Waals surface area (Å²) in [6.07, 6.45) is 0.836. The van der Waals surface area contributed by atoms with Gasteiger partial charge in [-0.1, -0.05) is 12.1 Å². The molecule has 1 aliphatic rings. The van der Waals surface area contributed by atoms with Crippen molar-refractivity contribution >= 4 is 11.8 Å². The predicted octanol–water partition coefficient (Wildman–Crippen LogP) is 3.43. The highest BCUT2D eigenvalue weighted by Crippen LogP contribution is 2.30. The van der Waals surface area contributed by atoms with Gasteiger partial charge in [0, 0.05) is 18.4 Å². The van der Waals surface area contributed by atoms with Crippen molar-refractivity contribution in [3.8, 4) is 17.6 Å². The van der Waals surface area contributed by atoms with Crippen molar-refractivity contribution < 1.29 is 23.8 Å². The molecular formula is C21H19NO5. The van der Waals surface area contributed by atoms with Gasteiger partial charge in [0.1, 0.15) is 6.61 Å². The molecule has 6 nitrogen and oxygen atoms in total. The van der Waals surface area contributed by atoms with Gasteiger partial charge in [-0.25, -0.2) is 0 Å². The highest BCUT2D eigenvalue weighted by molar-refractivity contribution is 5.98. The van der Waals surface area contributed by atoms with Crippen LogP contribution in [0.3, 0.4) is 0 Å². The first-order valence-corrected chi connectivity index (χ1v) is 8.73. The average molecular weight is 365 g/mol. The van der Waals surface area contributed by atoms with Crippen molar-refractivity contribution in [2.45, 2.75) is 25.9 Å². The maximum Gasteiger partial charge on any atom is 0.306 e. The Morgan fingerprint density at radius 3 is 2.67 bits per heavy atom.